The predicted octanol–water partition coefficient (Wildman–Crippen LogP) is 4.68. The van der Waals surface area contributed by atoms with Gasteiger partial charge in [0.15, 0.2) is 0 Å². The van der Waals surface area contributed by atoms with Crippen molar-refractivity contribution in [3.63, 3.8) is 0 Å². The second-order valence-corrected chi connectivity index (χ2v) is 5.44. The van der Waals surface area contributed by atoms with Crippen molar-refractivity contribution in [2.45, 2.75) is 64.7 Å². The third-order valence-corrected chi connectivity index (χ3v) is 3.72. The van der Waals surface area contributed by atoms with Gasteiger partial charge in [0.2, 0.25) is 0 Å². The minimum Gasteiger partial charge on any atom is -0.302 e. The second kappa shape index (κ2) is 7.35. The van der Waals surface area contributed by atoms with Gasteiger partial charge >= 0.3 is 0 Å². The summed E-state index contributed by atoms with van der Waals surface area (Å²) < 4.78 is 0. The monoisotopic (exact) mass is 246 g/mol. The van der Waals surface area contributed by atoms with Crippen LogP contribution in [-0.4, -0.2) is 6.29 Å². The lowest BCUT2D eigenvalue weighted by Crippen LogP contribution is -2.23. The SMILES string of the molecule is CCCCc1cccc(C(C)(C=O)CCCC)c1. The Kier molecular flexibility index (Phi) is 6.11. The summed E-state index contributed by atoms with van der Waals surface area (Å²) in [5.41, 5.74) is 2.23. The first-order valence-corrected chi connectivity index (χ1v) is 7.22. The highest BCUT2D eigenvalue weighted by Crippen LogP contribution is 2.28. The topological polar surface area (TPSA) is 17.1 Å². The summed E-state index contributed by atoms with van der Waals surface area (Å²) in [6.45, 7) is 6.44. The number of aldehydes is 1. The number of hydrogen-bond donors (Lipinski definition) is 0. The Bertz CT molecular complexity index is 370. The lowest BCUT2D eigenvalue weighted by atomic mass is 9.79. The van der Waals surface area contributed by atoms with Crippen LogP contribution in [0.5, 0.6) is 0 Å². The number of carbonyl (C=O) groups is 1. The first kappa shape index (κ1) is 14.9. The Morgan fingerprint density at radius 2 is 1.89 bits per heavy atom. The van der Waals surface area contributed by atoms with Crippen molar-refractivity contribution in [1.82, 2.24) is 0 Å². The van der Waals surface area contributed by atoms with Crippen LogP contribution in [-0.2, 0) is 16.6 Å². The number of hydrogen-bond acceptors (Lipinski definition) is 1. The molecule has 0 N–H and O–H groups in total. The number of carbonyl (C=O) groups excluding carboxylic acids is 1. The third-order valence-electron chi connectivity index (χ3n) is 3.72. The van der Waals surface area contributed by atoms with E-state index in [9.17, 15) is 4.79 Å². The summed E-state index contributed by atoms with van der Waals surface area (Å²) in [5.74, 6) is 0. The number of benzene rings is 1. The predicted molar refractivity (Wildman–Crippen MR) is 78.0 cm³/mol. The quantitative estimate of drug-likeness (QED) is 0.609. The molecule has 1 unspecified atom stereocenters. The fourth-order valence-electron chi connectivity index (χ4n) is 2.28. The van der Waals surface area contributed by atoms with Crippen LogP contribution in [0.15, 0.2) is 24.3 Å². The molecular formula is C17H26O. The molecule has 0 aromatic heterocycles. The molecule has 0 fully saturated rings. The fraction of sp³-hybridized carbons (Fsp3) is 0.588. The summed E-state index contributed by atoms with van der Waals surface area (Å²) in [6.07, 6.45) is 7.87. The van der Waals surface area contributed by atoms with Crippen molar-refractivity contribution < 1.29 is 4.79 Å². The zero-order chi connectivity index (χ0) is 13.4. The molecule has 0 aliphatic rings. The first-order chi connectivity index (χ1) is 8.66. The molecule has 1 aromatic rings. The summed E-state index contributed by atoms with van der Waals surface area (Å²) in [6, 6.07) is 8.58. The van der Waals surface area contributed by atoms with E-state index in [0.717, 1.165) is 32.0 Å². The van der Waals surface area contributed by atoms with Crippen molar-refractivity contribution in [1.29, 1.82) is 0 Å². The molecule has 1 atom stereocenters. The van der Waals surface area contributed by atoms with Gasteiger partial charge in [-0.05, 0) is 37.3 Å². The molecule has 0 amide bonds. The van der Waals surface area contributed by atoms with Crippen LogP contribution < -0.4 is 0 Å². The van der Waals surface area contributed by atoms with Crippen LogP contribution in [0.3, 0.4) is 0 Å². The van der Waals surface area contributed by atoms with Gasteiger partial charge in [0.05, 0.1) is 0 Å². The van der Waals surface area contributed by atoms with E-state index in [2.05, 4.69) is 45.0 Å². The highest BCUT2D eigenvalue weighted by molar-refractivity contribution is 5.68. The molecule has 0 bridgehead atoms. The number of aryl methyl sites for hydroxylation is 1. The summed E-state index contributed by atoms with van der Waals surface area (Å²) in [4.78, 5) is 11.5. The lowest BCUT2D eigenvalue weighted by Gasteiger charge is -2.24. The number of unbranched alkanes of at least 4 members (excludes halogenated alkanes) is 2. The maximum Gasteiger partial charge on any atom is 0.130 e. The molecule has 0 saturated carbocycles. The van der Waals surface area contributed by atoms with E-state index in [1.165, 1.54) is 24.0 Å². The van der Waals surface area contributed by atoms with Crippen molar-refractivity contribution in [2.24, 2.45) is 0 Å². The highest BCUT2D eigenvalue weighted by Gasteiger charge is 2.25. The summed E-state index contributed by atoms with van der Waals surface area (Å²) in [5, 5.41) is 0. The smallest absolute Gasteiger partial charge is 0.130 e. The molecular weight excluding hydrogens is 220 g/mol. The minimum absolute atomic E-state index is 0.307. The van der Waals surface area contributed by atoms with Crippen LogP contribution in [0.4, 0.5) is 0 Å². The van der Waals surface area contributed by atoms with Gasteiger partial charge in [0.25, 0.3) is 0 Å². The molecule has 0 aliphatic carbocycles. The number of rotatable bonds is 8. The normalized spacial score (nSPS) is 14.2. The van der Waals surface area contributed by atoms with Gasteiger partial charge in [-0.2, -0.15) is 0 Å². The van der Waals surface area contributed by atoms with Crippen molar-refractivity contribution >= 4 is 6.29 Å². The van der Waals surface area contributed by atoms with E-state index in [-0.39, 0.29) is 5.41 Å². The van der Waals surface area contributed by atoms with Gasteiger partial charge in [-0.1, -0.05) is 57.4 Å². The van der Waals surface area contributed by atoms with E-state index >= 15 is 0 Å². The van der Waals surface area contributed by atoms with Crippen LogP contribution in [0.25, 0.3) is 0 Å². The van der Waals surface area contributed by atoms with E-state index in [1.54, 1.807) is 0 Å². The largest absolute Gasteiger partial charge is 0.302 e. The maximum absolute atomic E-state index is 11.5. The Morgan fingerprint density at radius 3 is 2.50 bits per heavy atom. The van der Waals surface area contributed by atoms with Gasteiger partial charge in [-0.15, -0.1) is 0 Å². The molecule has 0 aliphatic heterocycles. The van der Waals surface area contributed by atoms with Crippen molar-refractivity contribution in [3.05, 3.63) is 35.4 Å². The zero-order valence-corrected chi connectivity index (χ0v) is 12.0. The van der Waals surface area contributed by atoms with E-state index < -0.39 is 0 Å². The van der Waals surface area contributed by atoms with Gasteiger partial charge in [0, 0.05) is 5.41 Å². The van der Waals surface area contributed by atoms with Crippen LogP contribution in [0.2, 0.25) is 0 Å². The lowest BCUT2D eigenvalue weighted by molar-refractivity contribution is -0.112. The molecule has 1 nitrogen and oxygen atoms in total. The Labute approximate surface area is 112 Å². The van der Waals surface area contributed by atoms with Gasteiger partial charge < -0.3 is 4.79 Å². The summed E-state index contributed by atoms with van der Waals surface area (Å²) in [7, 11) is 0. The Hall–Kier alpha value is -1.11. The molecule has 0 radical (unpaired) electrons. The van der Waals surface area contributed by atoms with Crippen molar-refractivity contribution in [2.75, 3.05) is 0 Å². The zero-order valence-electron chi connectivity index (χ0n) is 12.0. The molecule has 100 valence electrons. The van der Waals surface area contributed by atoms with Gasteiger partial charge in [0.1, 0.15) is 6.29 Å². The van der Waals surface area contributed by atoms with E-state index in [4.69, 9.17) is 0 Å². The third kappa shape index (κ3) is 3.97. The minimum atomic E-state index is -0.307. The summed E-state index contributed by atoms with van der Waals surface area (Å²) >= 11 is 0. The molecule has 1 heteroatoms. The Morgan fingerprint density at radius 1 is 1.17 bits per heavy atom. The first-order valence-electron chi connectivity index (χ1n) is 7.22. The Balaban J connectivity index is 2.88. The van der Waals surface area contributed by atoms with Crippen LogP contribution in [0, 0.1) is 0 Å². The molecule has 18 heavy (non-hydrogen) atoms. The van der Waals surface area contributed by atoms with Gasteiger partial charge in [-0.25, -0.2) is 0 Å². The average molecular weight is 246 g/mol. The average Bonchev–Trinajstić information content (AvgIpc) is 2.42. The van der Waals surface area contributed by atoms with E-state index in [1.807, 2.05) is 0 Å². The molecule has 1 rings (SSSR count). The van der Waals surface area contributed by atoms with Crippen molar-refractivity contribution in [3.8, 4) is 0 Å². The maximum atomic E-state index is 11.5. The molecule has 0 spiro atoms. The molecule has 0 saturated heterocycles. The van der Waals surface area contributed by atoms with Gasteiger partial charge in [-0.3, -0.25) is 0 Å². The van der Waals surface area contributed by atoms with E-state index in [0.29, 0.717) is 0 Å². The van der Waals surface area contributed by atoms with Crippen LogP contribution >= 0.6 is 0 Å². The highest BCUT2D eigenvalue weighted by atomic mass is 16.1. The molecule has 0 heterocycles. The molecule has 1 aromatic carbocycles. The standard InChI is InChI=1S/C17H26O/c1-4-6-9-15-10-8-11-16(13-15)17(3,14-18)12-7-5-2/h8,10-11,13-14H,4-7,9,12H2,1-3H3. The second-order valence-electron chi connectivity index (χ2n) is 5.44. The fourth-order valence-corrected chi connectivity index (χ4v) is 2.28. The van der Waals surface area contributed by atoms with Crippen LogP contribution in [0.1, 0.15) is 64.0 Å².